The molecule has 0 amide bonds. The number of hydrogen-bond donors (Lipinski definition) is 1. The predicted molar refractivity (Wildman–Crippen MR) is 67.5 cm³/mol. The second-order valence-electron chi connectivity index (χ2n) is 3.71. The zero-order valence-electron chi connectivity index (χ0n) is 9.46. The van der Waals surface area contributed by atoms with Gasteiger partial charge in [0.15, 0.2) is 0 Å². The lowest BCUT2D eigenvalue weighted by atomic mass is 10.2. The Morgan fingerprint density at radius 3 is 2.81 bits per heavy atom. The Kier molecular flexibility index (Phi) is 5.30. The van der Waals surface area contributed by atoms with E-state index in [1.807, 2.05) is 6.07 Å². The van der Waals surface area contributed by atoms with Crippen LogP contribution in [-0.4, -0.2) is 19.2 Å². The van der Waals surface area contributed by atoms with E-state index >= 15 is 0 Å². The largest absolute Gasteiger partial charge is 0.492 e. The lowest BCUT2D eigenvalue weighted by Crippen LogP contribution is -2.27. The molecule has 16 heavy (non-hydrogen) atoms. The fourth-order valence-corrected chi connectivity index (χ4v) is 1.64. The maximum atomic E-state index is 8.75. The van der Waals surface area contributed by atoms with Gasteiger partial charge in [-0.2, -0.15) is 5.26 Å². The molecular formula is C12H15BrN2O. The second kappa shape index (κ2) is 6.51. The van der Waals surface area contributed by atoms with Crippen LogP contribution in [0.15, 0.2) is 22.7 Å². The van der Waals surface area contributed by atoms with Gasteiger partial charge in [-0.15, -0.1) is 0 Å². The van der Waals surface area contributed by atoms with Gasteiger partial charge < -0.3 is 10.1 Å². The normalized spacial score (nSPS) is 10.2. The highest BCUT2D eigenvalue weighted by molar-refractivity contribution is 9.10. The number of nitrogens with one attached hydrogen (secondary N) is 1. The van der Waals surface area contributed by atoms with Gasteiger partial charge in [0.2, 0.25) is 0 Å². The molecule has 3 nitrogen and oxygen atoms in total. The van der Waals surface area contributed by atoms with Gasteiger partial charge in [0, 0.05) is 17.1 Å². The Labute approximate surface area is 105 Å². The summed E-state index contributed by atoms with van der Waals surface area (Å²) in [4.78, 5) is 0. The molecule has 0 fully saturated rings. The summed E-state index contributed by atoms with van der Waals surface area (Å²) in [5.74, 6) is 0.774. The van der Waals surface area contributed by atoms with Crippen LogP contribution in [-0.2, 0) is 0 Å². The van der Waals surface area contributed by atoms with Crippen LogP contribution in [0.3, 0.4) is 0 Å². The molecule has 1 aromatic carbocycles. The summed E-state index contributed by atoms with van der Waals surface area (Å²) >= 11 is 3.32. The zero-order chi connectivity index (χ0) is 12.0. The lowest BCUT2D eigenvalue weighted by molar-refractivity contribution is 0.308. The first-order valence-electron chi connectivity index (χ1n) is 5.19. The minimum atomic E-state index is 0.469. The van der Waals surface area contributed by atoms with E-state index in [1.54, 1.807) is 12.1 Å². The molecule has 0 saturated heterocycles. The van der Waals surface area contributed by atoms with Gasteiger partial charge >= 0.3 is 0 Å². The zero-order valence-corrected chi connectivity index (χ0v) is 11.0. The van der Waals surface area contributed by atoms with Gasteiger partial charge in [-0.05, 0) is 34.1 Å². The number of halogens is 1. The Hall–Kier alpha value is -1.05. The van der Waals surface area contributed by atoms with E-state index in [4.69, 9.17) is 10.00 Å². The number of nitrogens with zero attached hydrogens (tertiary/aromatic N) is 1. The van der Waals surface area contributed by atoms with Crippen LogP contribution in [0, 0.1) is 11.3 Å². The average molecular weight is 283 g/mol. The van der Waals surface area contributed by atoms with Crippen LogP contribution < -0.4 is 10.1 Å². The third-order valence-electron chi connectivity index (χ3n) is 1.98. The van der Waals surface area contributed by atoms with E-state index < -0.39 is 0 Å². The van der Waals surface area contributed by atoms with Crippen LogP contribution >= 0.6 is 15.9 Å². The minimum absolute atomic E-state index is 0.469. The molecule has 0 radical (unpaired) electrons. The SMILES string of the molecule is CC(C)NCCOc1ccc(C#N)c(Br)c1. The number of nitriles is 1. The smallest absolute Gasteiger partial charge is 0.120 e. The molecule has 0 heterocycles. The molecule has 0 bridgehead atoms. The molecule has 86 valence electrons. The van der Waals surface area contributed by atoms with Crippen molar-refractivity contribution >= 4 is 15.9 Å². The fraction of sp³-hybridized carbons (Fsp3) is 0.417. The quantitative estimate of drug-likeness (QED) is 0.845. The van der Waals surface area contributed by atoms with Crippen LogP contribution in [0.25, 0.3) is 0 Å². The Balaban J connectivity index is 2.44. The molecule has 1 aromatic rings. The Morgan fingerprint density at radius 2 is 2.25 bits per heavy atom. The molecule has 0 aliphatic heterocycles. The molecule has 0 aromatic heterocycles. The van der Waals surface area contributed by atoms with Gasteiger partial charge in [0.1, 0.15) is 18.4 Å². The van der Waals surface area contributed by atoms with E-state index in [9.17, 15) is 0 Å². The number of rotatable bonds is 5. The third kappa shape index (κ3) is 4.21. The maximum absolute atomic E-state index is 8.75. The number of ether oxygens (including phenoxy) is 1. The van der Waals surface area contributed by atoms with E-state index in [2.05, 4.69) is 41.2 Å². The van der Waals surface area contributed by atoms with E-state index in [1.165, 1.54) is 0 Å². The van der Waals surface area contributed by atoms with Gasteiger partial charge in [0.05, 0.1) is 5.56 Å². The maximum Gasteiger partial charge on any atom is 0.120 e. The van der Waals surface area contributed by atoms with Crippen LogP contribution in [0.2, 0.25) is 0 Å². The predicted octanol–water partition coefficient (Wildman–Crippen LogP) is 2.70. The van der Waals surface area contributed by atoms with E-state index in [0.29, 0.717) is 18.2 Å². The summed E-state index contributed by atoms with van der Waals surface area (Å²) < 4.78 is 6.30. The van der Waals surface area contributed by atoms with E-state index in [0.717, 1.165) is 16.8 Å². The highest BCUT2D eigenvalue weighted by Gasteiger charge is 2.01. The summed E-state index contributed by atoms with van der Waals surface area (Å²) in [6, 6.07) is 7.92. The molecule has 1 N–H and O–H groups in total. The molecule has 0 saturated carbocycles. The van der Waals surface area contributed by atoms with Crippen molar-refractivity contribution in [3.05, 3.63) is 28.2 Å². The molecule has 4 heteroatoms. The van der Waals surface area contributed by atoms with Crippen molar-refractivity contribution in [3.63, 3.8) is 0 Å². The van der Waals surface area contributed by atoms with E-state index in [-0.39, 0.29) is 0 Å². The number of hydrogen-bond acceptors (Lipinski definition) is 3. The topological polar surface area (TPSA) is 45.0 Å². The molecule has 0 atom stereocenters. The Morgan fingerprint density at radius 1 is 1.50 bits per heavy atom. The van der Waals surface area contributed by atoms with Crippen molar-refractivity contribution < 1.29 is 4.74 Å². The summed E-state index contributed by atoms with van der Waals surface area (Å²) in [5.41, 5.74) is 0.618. The van der Waals surface area contributed by atoms with Crippen molar-refractivity contribution in [1.29, 1.82) is 5.26 Å². The van der Waals surface area contributed by atoms with Gasteiger partial charge in [-0.25, -0.2) is 0 Å². The summed E-state index contributed by atoms with van der Waals surface area (Å²) in [6.07, 6.45) is 0. The minimum Gasteiger partial charge on any atom is -0.492 e. The molecule has 0 aliphatic rings. The molecule has 1 rings (SSSR count). The van der Waals surface area contributed by atoms with Crippen LogP contribution in [0.5, 0.6) is 5.75 Å². The fourth-order valence-electron chi connectivity index (χ4n) is 1.19. The lowest BCUT2D eigenvalue weighted by Gasteiger charge is -2.10. The van der Waals surface area contributed by atoms with Crippen molar-refractivity contribution in [2.75, 3.05) is 13.2 Å². The first-order chi connectivity index (χ1) is 7.63. The summed E-state index contributed by atoms with van der Waals surface area (Å²) in [7, 11) is 0. The van der Waals surface area contributed by atoms with Gasteiger partial charge in [-0.1, -0.05) is 13.8 Å². The van der Waals surface area contributed by atoms with Crippen molar-refractivity contribution in [2.45, 2.75) is 19.9 Å². The van der Waals surface area contributed by atoms with Crippen molar-refractivity contribution in [1.82, 2.24) is 5.32 Å². The Bertz CT molecular complexity index is 385. The summed E-state index contributed by atoms with van der Waals surface area (Å²) in [6.45, 7) is 5.63. The highest BCUT2D eigenvalue weighted by Crippen LogP contribution is 2.22. The van der Waals surface area contributed by atoms with Crippen LogP contribution in [0.1, 0.15) is 19.4 Å². The van der Waals surface area contributed by atoms with Crippen LogP contribution in [0.4, 0.5) is 0 Å². The molecule has 0 aliphatic carbocycles. The van der Waals surface area contributed by atoms with Gasteiger partial charge in [0.25, 0.3) is 0 Å². The molecular weight excluding hydrogens is 268 g/mol. The first kappa shape index (κ1) is 13.0. The first-order valence-corrected chi connectivity index (χ1v) is 5.98. The van der Waals surface area contributed by atoms with Crippen molar-refractivity contribution in [3.8, 4) is 11.8 Å². The summed E-state index contributed by atoms with van der Waals surface area (Å²) in [5, 5.41) is 12.0. The molecule has 0 spiro atoms. The monoisotopic (exact) mass is 282 g/mol. The average Bonchev–Trinajstić information content (AvgIpc) is 2.24. The van der Waals surface area contributed by atoms with Gasteiger partial charge in [-0.3, -0.25) is 0 Å². The molecule has 0 unspecified atom stereocenters. The third-order valence-corrected chi connectivity index (χ3v) is 2.64. The second-order valence-corrected chi connectivity index (χ2v) is 4.57. The standard InChI is InChI=1S/C12H15BrN2O/c1-9(2)15-5-6-16-11-4-3-10(8-14)12(13)7-11/h3-4,7,9,15H,5-6H2,1-2H3. The highest BCUT2D eigenvalue weighted by atomic mass is 79.9. The van der Waals surface area contributed by atoms with Crippen molar-refractivity contribution in [2.24, 2.45) is 0 Å². The number of benzene rings is 1.